The molecule has 1 heterocycles. The fraction of sp³-hybridized carbons (Fsp3) is 0.611. The van der Waals surface area contributed by atoms with Gasteiger partial charge >= 0.3 is 0 Å². The number of benzene rings is 1. The Balaban J connectivity index is 1.89. The molecule has 122 valence electrons. The Labute approximate surface area is 134 Å². The van der Waals surface area contributed by atoms with Crippen molar-refractivity contribution in [1.82, 2.24) is 15.1 Å². The topological polar surface area (TPSA) is 35.6 Å². The molecule has 1 aliphatic rings. The quantitative estimate of drug-likeness (QED) is 0.902. The number of nitrogens with zero attached hydrogens (tertiary/aromatic N) is 2. The highest BCUT2D eigenvalue weighted by Gasteiger charge is 2.30. The van der Waals surface area contributed by atoms with Gasteiger partial charge in [-0.1, -0.05) is 24.3 Å². The number of amides is 1. The molecule has 0 aliphatic carbocycles. The standard InChI is InChI=1S/C18H29N3O/c1-14(12-19-17(22)18(2,3)20(4)5)21-11-10-15-8-6-7-9-16(15)13-21/h6-9,14H,10-13H2,1-5H3,(H,19,22)/t14-/m1/s1. The molecule has 0 radical (unpaired) electrons. The van der Waals surface area contributed by atoms with Gasteiger partial charge in [0.25, 0.3) is 0 Å². The Kier molecular flexibility index (Phi) is 5.24. The number of rotatable bonds is 5. The maximum Gasteiger partial charge on any atom is 0.239 e. The average molecular weight is 303 g/mol. The minimum atomic E-state index is -0.478. The van der Waals surface area contributed by atoms with Crippen LogP contribution >= 0.6 is 0 Å². The van der Waals surface area contributed by atoms with Crippen LogP contribution < -0.4 is 5.32 Å². The molecule has 1 aromatic rings. The van der Waals surface area contributed by atoms with Gasteiger partial charge in [0.1, 0.15) is 0 Å². The first-order valence-electron chi connectivity index (χ1n) is 8.09. The Hall–Kier alpha value is -1.39. The third-order valence-corrected chi connectivity index (χ3v) is 5.02. The minimum Gasteiger partial charge on any atom is -0.353 e. The number of carbonyl (C=O) groups is 1. The Morgan fingerprint density at radius 2 is 1.95 bits per heavy atom. The first kappa shape index (κ1) is 17.0. The van der Waals surface area contributed by atoms with Crippen LogP contribution in [0, 0.1) is 0 Å². The first-order valence-corrected chi connectivity index (χ1v) is 8.09. The van der Waals surface area contributed by atoms with E-state index in [1.165, 1.54) is 11.1 Å². The summed E-state index contributed by atoms with van der Waals surface area (Å²) in [5, 5.41) is 3.10. The predicted molar refractivity (Wildman–Crippen MR) is 90.8 cm³/mol. The van der Waals surface area contributed by atoms with E-state index >= 15 is 0 Å². The highest BCUT2D eigenvalue weighted by Crippen LogP contribution is 2.20. The third kappa shape index (κ3) is 3.68. The number of nitrogens with one attached hydrogen (secondary N) is 1. The minimum absolute atomic E-state index is 0.0850. The van der Waals surface area contributed by atoms with Crippen LogP contribution in [0.3, 0.4) is 0 Å². The third-order valence-electron chi connectivity index (χ3n) is 5.02. The summed E-state index contributed by atoms with van der Waals surface area (Å²) in [7, 11) is 3.87. The molecule has 1 aliphatic heterocycles. The van der Waals surface area contributed by atoms with Crippen molar-refractivity contribution in [2.75, 3.05) is 27.2 Å². The van der Waals surface area contributed by atoms with E-state index in [-0.39, 0.29) is 5.91 Å². The molecule has 0 fully saturated rings. The highest BCUT2D eigenvalue weighted by molar-refractivity contribution is 5.85. The second-order valence-electron chi connectivity index (χ2n) is 7.00. The lowest BCUT2D eigenvalue weighted by Gasteiger charge is -2.35. The van der Waals surface area contributed by atoms with E-state index in [2.05, 4.69) is 41.4 Å². The maximum atomic E-state index is 12.3. The van der Waals surface area contributed by atoms with Crippen molar-refractivity contribution in [1.29, 1.82) is 0 Å². The molecule has 1 aromatic carbocycles. The molecule has 0 bridgehead atoms. The molecule has 0 saturated heterocycles. The second kappa shape index (κ2) is 6.80. The van der Waals surface area contributed by atoms with Gasteiger partial charge in [-0.05, 0) is 52.4 Å². The summed E-state index contributed by atoms with van der Waals surface area (Å²) in [5.41, 5.74) is 2.40. The van der Waals surface area contributed by atoms with Crippen LogP contribution in [0.4, 0.5) is 0 Å². The lowest BCUT2D eigenvalue weighted by Crippen LogP contribution is -2.54. The van der Waals surface area contributed by atoms with Crippen LogP contribution in [-0.4, -0.2) is 54.5 Å². The van der Waals surface area contributed by atoms with E-state index in [4.69, 9.17) is 0 Å². The van der Waals surface area contributed by atoms with Crippen LogP contribution in [0.2, 0.25) is 0 Å². The number of fused-ring (bicyclic) bond motifs is 1. The van der Waals surface area contributed by atoms with Crippen molar-refractivity contribution >= 4 is 5.91 Å². The van der Waals surface area contributed by atoms with Crippen molar-refractivity contribution in [3.63, 3.8) is 0 Å². The lowest BCUT2D eigenvalue weighted by atomic mass is 9.98. The van der Waals surface area contributed by atoms with Gasteiger partial charge < -0.3 is 5.32 Å². The van der Waals surface area contributed by atoms with Gasteiger partial charge in [-0.25, -0.2) is 0 Å². The van der Waals surface area contributed by atoms with Crippen LogP contribution in [0.15, 0.2) is 24.3 Å². The van der Waals surface area contributed by atoms with Crippen molar-refractivity contribution in [2.24, 2.45) is 0 Å². The zero-order chi connectivity index (χ0) is 16.3. The number of likely N-dealkylation sites (N-methyl/N-ethyl adjacent to an activating group) is 1. The zero-order valence-corrected chi connectivity index (χ0v) is 14.5. The van der Waals surface area contributed by atoms with Gasteiger partial charge in [0.15, 0.2) is 0 Å². The summed E-state index contributed by atoms with van der Waals surface area (Å²) < 4.78 is 0. The van der Waals surface area contributed by atoms with Crippen molar-refractivity contribution in [3.8, 4) is 0 Å². The zero-order valence-electron chi connectivity index (χ0n) is 14.5. The molecule has 1 amide bonds. The van der Waals surface area contributed by atoms with E-state index < -0.39 is 5.54 Å². The summed E-state index contributed by atoms with van der Waals surface area (Å²) in [5.74, 6) is 0.0850. The predicted octanol–water partition coefficient (Wildman–Crippen LogP) is 1.89. The number of hydrogen-bond acceptors (Lipinski definition) is 3. The molecule has 4 heteroatoms. The molecular formula is C18H29N3O. The van der Waals surface area contributed by atoms with E-state index in [0.29, 0.717) is 12.6 Å². The smallest absolute Gasteiger partial charge is 0.239 e. The molecule has 0 unspecified atom stereocenters. The highest BCUT2D eigenvalue weighted by atomic mass is 16.2. The first-order chi connectivity index (χ1) is 10.3. The molecule has 2 rings (SSSR count). The van der Waals surface area contributed by atoms with Crippen molar-refractivity contribution in [2.45, 2.75) is 45.3 Å². The molecule has 22 heavy (non-hydrogen) atoms. The Bertz CT molecular complexity index is 525. The van der Waals surface area contributed by atoms with Crippen LogP contribution in [0.25, 0.3) is 0 Å². The van der Waals surface area contributed by atoms with Gasteiger partial charge in [0, 0.05) is 25.7 Å². The summed E-state index contributed by atoms with van der Waals surface area (Å²) >= 11 is 0. The van der Waals surface area contributed by atoms with E-state index in [1.54, 1.807) is 0 Å². The summed E-state index contributed by atoms with van der Waals surface area (Å²) in [6, 6.07) is 8.99. The summed E-state index contributed by atoms with van der Waals surface area (Å²) in [6.45, 7) is 8.82. The molecule has 0 aromatic heterocycles. The molecule has 1 N–H and O–H groups in total. The molecule has 0 spiro atoms. The summed E-state index contributed by atoms with van der Waals surface area (Å²) in [6.07, 6.45) is 1.09. The fourth-order valence-corrected chi connectivity index (χ4v) is 2.68. The number of carbonyl (C=O) groups excluding carboxylic acids is 1. The van der Waals surface area contributed by atoms with E-state index in [0.717, 1.165) is 19.5 Å². The maximum absolute atomic E-state index is 12.3. The lowest BCUT2D eigenvalue weighted by molar-refractivity contribution is -0.130. The molecular weight excluding hydrogens is 274 g/mol. The SMILES string of the molecule is C[C@H](CNC(=O)C(C)(C)N(C)C)N1CCc2ccccc2C1. The van der Waals surface area contributed by atoms with Crippen LogP contribution in [0.1, 0.15) is 31.9 Å². The largest absolute Gasteiger partial charge is 0.353 e. The van der Waals surface area contributed by atoms with Crippen molar-refractivity contribution in [3.05, 3.63) is 35.4 Å². The molecule has 0 saturated carbocycles. The molecule has 1 atom stereocenters. The van der Waals surface area contributed by atoms with E-state index in [9.17, 15) is 4.79 Å². The normalized spacial score (nSPS) is 17.2. The van der Waals surface area contributed by atoms with Crippen molar-refractivity contribution < 1.29 is 4.79 Å². The number of hydrogen-bond donors (Lipinski definition) is 1. The molecule has 4 nitrogen and oxygen atoms in total. The Morgan fingerprint density at radius 3 is 2.59 bits per heavy atom. The fourth-order valence-electron chi connectivity index (χ4n) is 2.68. The van der Waals surface area contributed by atoms with Crippen LogP contribution in [0.5, 0.6) is 0 Å². The monoisotopic (exact) mass is 303 g/mol. The van der Waals surface area contributed by atoms with Crippen LogP contribution in [-0.2, 0) is 17.8 Å². The summed E-state index contributed by atoms with van der Waals surface area (Å²) in [4.78, 5) is 16.7. The van der Waals surface area contributed by atoms with Gasteiger partial charge in [0.05, 0.1) is 5.54 Å². The van der Waals surface area contributed by atoms with Gasteiger partial charge in [-0.3, -0.25) is 14.6 Å². The van der Waals surface area contributed by atoms with Gasteiger partial charge in [0.2, 0.25) is 5.91 Å². The second-order valence-corrected chi connectivity index (χ2v) is 7.00. The van der Waals surface area contributed by atoms with Gasteiger partial charge in [-0.15, -0.1) is 0 Å². The van der Waals surface area contributed by atoms with E-state index in [1.807, 2.05) is 32.8 Å². The van der Waals surface area contributed by atoms with Gasteiger partial charge in [-0.2, -0.15) is 0 Å². The Morgan fingerprint density at radius 1 is 1.32 bits per heavy atom. The average Bonchev–Trinajstić information content (AvgIpc) is 2.51.